The van der Waals surface area contributed by atoms with Gasteiger partial charge in [-0.25, -0.2) is 13.8 Å². The lowest BCUT2D eigenvalue weighted by Crippen LogP contribution is -2.54. The number of aliphatic hydroxyl groups excluding tert-OH is 2. The highest BCUT2D eigenvalue weighted by Crippen LogP contribution is 2.52. The fourth-order valence-corrected chi connectivity index (χ4v) is 6.26. The Bertz CT molecular complexity index is 1450. The minimum Gasteiger partial charge on any atom is -0.391 e. The quantitative estimate of drug-likeness (QED) is 0.407. The first-order valence-electron chi connectivity index (χ1n) is 12.8. The molecule has 2 aliphatic rings. The molecule has 3 heterocycles. The van der Waals surface area contributed by atoms with E-state index in [1.54, 1.807) is 0 Å². The number of alkyl halides is 11. The van der Waals surface area contributed by atoms with Crippen LogP contribution < -0.4 is 0 Å². The van der Waals surface area contributed by atoms with E-state index >= 15 is 0 Å². The highest BCUT2D eigenvalue weighted by Gasteiger charge is 2.71. The van der Waals surface area contributed by atoms with E-state index in [2.05, 4.69) is 4.98 Å². The van der Waals surface area contributed by atoms with Gasteiger partial charge in [0.1, 0.15) is 5.69 Å². The number of carbonyl (C=O) groups is 2. The summed E-state index contributed by atoms with van der Waals surface area (Å²) >= 11 is 0.0522. The molecular weight excluding hydrogens is 663 g/mol. The van der Waals surface area contributed by atoms with Crippen LogP contribution in [-0.2, 0) is 11.8 Å². The number of rotatable bonds is 4. The van der Waals surface area contributed by atoms with Crippen LogP contribution in [0, 0.1) is 0 Å². The molecule has 2 saturated heterocycles. The van der Waals surface area contributed by atoms with Crippen LogP contribution in [0.25, 0.3) is 10.4 Å². The first-order chi connectivity index (χ1) is 20.4. The minimum absolute atomic E-state index is 0.0522. The van der Waals surface area contributed by atoms with Gasteiger partial charge >= 0.3 is 18.5 Å². The standard InChI is InChI=1S/C25H22F11N3O5S/c1-10-6-21(26,27)9-39(10)19(42)16-17(45-18(37-16)20(43)38-7-12(40)5-13(41)8-38)14-3-2-11(4-15(14)23(28,29)30)22(44,24(31,32)33)25(34,35)36/h2-4,10,12-13,40-41,44H,5-9H2,1H3/t10?,12-,13+. The summed E-state index contributed by atoms with van der Waals surface area (Å²) in [6.45, 7) is -0.815. The molecule has 250 valence electrons. The van der Waals surface area contributed by atoms with Gasteiger partial charge in [-0.3, -0.25) is 9.59 Å². The van der Waals surface area contributed by atoms with Crippen molar-refractivity contribution in [3.05, 3.63) is 40.0 Å². The summed E-state index contributed by atoms with van der Waals surface area (Å²) in [5.41, 5.74) is -12.5. The maximum Gasteiger partial charge on any atom is 0.430 e. The molecule has 3 atom stereocenters. The van der Waals surface area contributed by atoms with Crippen molar-refractivity contribution in [1.29, 1.82) is 0 Å². The van der Waals surface area contributed by atoms with E-state index in [1.165, 1.54) is 6.92 Å². The number of hydrogen-bond acceptors (Lipinski definition) is 7. The molecule has 8 nitrogen and oxygen atoms in total. The number of benzene rings is 1. The van der Waals surface area contributed by atoms with Gasteiger partial charge in [0.2, 0.25) is 0 Å². The molecule has 45 heavy (non-hydrogen) atoms. The third kappa shape index (κ3) is 6.46. The van der Waals surface area contributed by atoms with Gasteiger partial charge in [0, 0.05) is 43.1 Å². The molecule has 1 aromatic carbocycles. The van der Waals surface area contributed by atoms with Crippen molar-refractivity contribution in [2.75, 3.05) is 19.6 Å². The largest absolute Gasteiger partial charge is 0.430 e. The van der Waals surface area contributed by atoms with Gasteiger partial charge in [0.15, 0.2) is 5.01 Å². The second-order valence-corrected chi connectivity index (χ2v) is 11.8. The van der Waals surface area contributed by atoms with E-state index in [0.29, 0.717) is 4.90 Å². The molecule has 0 saturated carbocycles. The van der Waals surface area contributed by atoms with Gasteiger partial charge < -0.3 is 25.1 Å². The molecule has 1 unspecified atom stereocenters. The number of halogens is 11. The first-order valence-corrected chi connectivity index (χ1v) is 13.6. The van der Waals surface area contributed by atoms with Crippen LogP contribution in [0.3, 0.4) is 0 Å². The van der Waals surface area contributed by atoms with E-state index in [0.717, 1.165) is 4.90 Å². The Morgan fingerprint density at radius 2 is 1.51 bits per heavy atom. The Labute approximate surface area is 249 Å². The van der Waals surface area contributed by atoms with E-state index in [-0.39, 0.29) is 43.0 Å². The molecule has 3 N–H and O–H groups in total. The van der Waals surface area contributed by atoms with Crippen molar-refractivity contribution in [2.45, 2.75) is 68.1 Å². The van der Waals surface area contributed by atoms with Gasteiger partial charge in [-0.05, 0) is 13.0 Å². The van der Waals surface area contributed by atoms with Gasteiger partial charge in [-0.1, -0.05) is 12.1 Å². The van der Waals surface area contributed by atoms with Crippen molar-refractivity contribution < 1.29 is 73.2 Å². The maximum absolute atomic E-state index is 14.2. The summed E-state index contributed by atoms with van der Waals surface area (Å²) in [4.78, 5) is 30.8. The van der Waals surface area contributed by atoms with Crippen molar-refractivity contribution in [1.82, 2.24) is 14.8 Å². The fourth-order valence-electron chi connectivity index (χ4n) is 5.20. The second kappa shape index (κ2) is 11.3. The molecule has 2 fully saturated rings. The zero-order valence-electron chi connectivity index (χ0n) is 22.6. The minimum atomic E-state index is -6.54. The van der Waals surface area contributed by atoms with E-state index in [1.807, 2.05) is 0 Å². The summed E-state index contributed by atoms with van der Waals surface area (Å²) in [5, 5.41) is 28.8. The zero-order valence-corrected chi connectivity index (χ0v) is 23.4. The smallest absolute Gasteiger partial charge is 0.391 e. The summed E-state index contributed by atoms with van der Waals surface area (Å²) in [6, 6.07) is -1.82. The third-order valence-corrected chi connectivity index (χ3v) is 8.38. The Morgan fingerprint density at radius 3 is 1.98 bits per heavy atom. The molecule has 2 aliphatic heterocycles. The van der Waals surface area contributed by atoms with Gasteiger partial charge in [0.25, 0.3) is 23.3 Å². The summed E-state index contributed by atoms with van der Waals surface area (Å²) < 4.78 is 152. The normalized spacial score (nSPS) is 23.0. The predicted octanol–water partition coefficient (Wildman–Crippen LogP) is 4.58. The summed E-state index contributed by atoms with van der Waals surface area (Å²) in [5.74, 6) is -5.97. The molecule has 0 spiro atoms. The highest BCUT2D eigenvalue weighted by molar-refractivity contribution is 7.17. The molecule has 20 heteroatoms. The fraction of sp³-hybridized carbons (Fsp3) is 0.560. The molecule has 2 aromatic rings. The van der Waals surface area contributed by atoms with Crippen LogP contribution in [-0.4, -0.2) is 98.1 Å². The number of β-amino-alcohol motifs (C(OH)–C–C–N with tert-alkyl or cyclic N) is 2. The average Bonchev–Trinajstić information content (AvgIpc) is 3.44. The van der Waals surface area contributed by atoms with Gasteiger partial charge in [-0.2, -0.15) is 39.5 Å². The number of aliphatic hydroxyl groups is 3. The lowest BCUT2D eigenvalue weighted by molar-refractivity contribution is -0.376. The summed E-state index contributed by atoms with van der Waals surface area (Å²) in [7, 11) is 0. The number of thiazole rings is 1. The lowest BCUT2D eigenvalue weighted by Gasteiger charge is -2.33. The van der Waals surface area contributed by atoms with E-state index in [4.69, 9.17) is 0 Å². The maximum atomic E-state index is 14.2. The molecule has 1 aromatic heterocycles. The number of carbonyl (C=O) groups excluding carboxylic acids is 2. The average molecular weight is 686 g/mol. The molecular formula is C25H22F11N3O5S. The Hall–Kier alpha value is -3.10. The molecule has 0 bridgehead atoms. The number of nitrogens with zero attached hydrogens (tertiary/aromatic N) is 3. The van der Waals surface area contributed by atoms with Crippen molar-refractivity contribution in [3.8, 4) is 10.4 Å². The predicted molar refractivity (Wildman–Crippen MR) is 131 cm³/mol. The molecule has 0 aliphatic carbocycles. The topological polar surface area (TPSA) is 114 Å². The molecule has 2 amide bonds. The highest BCUT2D eigenvalue weighted by atomic mass is 32.1. The van der Waals surface area contributed by atoms with Crippen LogP contribution >= 0.6 is 11.3 Å². The zero-order chi connectivity index (χ0) is 34.1. The number of piperidine rings is 1. The number of hydrogen-bond donors (Lipinski definition) is 3. The Kier molecular flexibility index (Phi) is 8.73. The van der Waals surface area contributed by atoms with Crippen molar-refractivity contribution in [2.24, 2.45) is 0 Å². The van der Waals surface area contributed by atoms with Crippen LogP contribution in [0.1, 0.15) is 51.2 Å². The van der Waals surface area contributed by atoms with Gasteiger partial charge in [-0.15, -0.1) is 11.3 Å². The van der Waals surface area contributed by atoms with Crippen LogP contribution in [0.2, 0.25) is 0 Å². The number of likely N-dealkylation sites (tertiary alicyclic amines) is 2. The summed E-state index contributed by atoms with van der Waals surface area (Å²) in [6.07, 6.45) is -22.3. The van der Waals surface area contributed by atoms with E-state index in [9.17, 15) is 73.2 Å². The SMILES string of the molecule is CC1CC(F)(F)CN1C(=O)c1nc(C(=O)N2C[C@H](O)C[C@H](O)C2)sc1-c1ccc(C(O)(C(F)(F)F)C(F)(F)F)cc1C(F)(F)F. The van der Waals surface area contributed by atoms with Crippen molar-refractivity contribution >= 4 is 23.2 Å². The second-order valence-electron chi connectivity index (χ2n) is 10.8. The molecule has 0 radical (unpaired) electrons. The lowest BCUT2D eigenvalue weighted by atomic mass is 9.88. The number of aromatic nitrogens is 1. The van der Waals surface area contributed by atoms with Crippen LogP contribution in [0.15, 0.2) is 18.2 Å². The van der Waals surface area contributed by atoms with Gasteiger partial charge in [0.05, 0.1) is 29.2 Å². The van der Waals surface area contributed by atoms with Crippen molar-refractivity contribution in [3.63, 3.8) is 0 Å². The monoisotopic (exact) mass is 685 g/mol. The Balaban J connectivity index is 1.94. The van der Waals surface area contributed by atoms with E-state index < -0.39 is 111 Å². The third-order valence-electron chi connectivity index (χ3n) is 7.30. The number of amides is 2. The Morgan fingerprint density at radius 1 is 0.956 bits per heavy atom. The first kappa shape index (κ1) is 34.8. The molecule has 4 rings (SSSR count). The van der Waals surface area contributed by atoms with Crippen LogP contribution in [0.4, 0.5) is 48.3 Å². The van der Waals surface area contributed by atoms with Crippen LogP contribution in [0.5, 0.6) is 0 Å².